The van der Waals surface area contributed by atoms with E-state index in [1.165, 1.54) is 0 Å². The Kier molecular flexibility index (Phi) is 3.59. The maximum Gasteiger partial charge on any atom is 0.126 e. The van der Waals surface area contributed by atoms with E-state index in [2.05, 4.69) is 0 Å². The van der Waals surface area contributed by atoms with Gasteiger partial charge in [-0.2, -0.15) is 0 Å². The van der Waals surface area contributed by atoms with Crippen molar-refractivity contribution in [2.24, 2.45) is 5.73 Å². The summed E-state index contributed by atoms with van der Waals surface area (Å²) in [7, 11) is -1.95. The molecule has 6 atom stereocenters. The zero-order valence-corrected chi connectivity index (χ0v) is 7.75. The van der Waals surface area contributed by atoms with Crippen LogP contribution in [0.15, 0.2) is 0 Å². The second-order valence-electron chi connectivity index (χ2n) is 3.07. The monoisotopic (exact) mass is 211 g/mol. The van der Waals surface area contributed by atoms with Crippen molar-refractivity contribution >= 4 is 8.15 Å². The SMILES string of the molecule is NCC1C(O)C(O)C(O)C(O)P1O. The maximum absolute atomic E-state index is 9.40. The summed E-state index contributed by atoms with van der Waals surface area (Å²) in [5.74, 6) is -1.40. The molecule has 1 aliphatic heterocycles. The fraction of sp³-hybridized carbons (Fsp3) is 1.00. The van der Waals surface area contributed by atoms with Crippen molar-refractivity contribution in [3.63, 3.8) is 0 Å². The highest BCUT2D eigenvalue weighted by molar-refractivity contribution is 7.53. The van der Waals surface area contributed by atoms with Crippen LogP contribution in [-0.4, -0.2) is 61.7 Å². The highest BCUT2D eigenvalue weighted by atomic mass is 31.1. The van der Waals surface area contributed by atoms with Gasteiger partial charge in [-0.05, 0) is 0 Å². The lowest BCUT2D eigenvalue weighted by Crippen LogP contribution is -2.55. The van der Waals surface area contributed by atoms with Gasteiger partial charge in [0.25, 0.3) is 0 Å². The average Bonchev–Trinajstić information content (AvgIpc) is 2.13. The minimum absolute atomic E-state index is 0.0375. The van der Waals surface area contributed by atoms with Crippen molar-refractivity contribution in [2.75, 3.05) is 6.54 Å². The lowest BCUT2D eigenvalue weighted by atomic mass is 10.0. The smallest absolute Gasteiger partial charge is 0.126 e. The molecule has 1 heterocycles. The number of hydrogen-bond donors (Lipinski definition) is 6. The van der Waals surface area contributed by atoms with E-state index in [0.717, 1.165) is 0 Å². The van der Waals surface area contributed by atoms with Gasteiger partial charge in [-0.1, -0.05) is 0 Å². The summed E-state index contributed by atoms with van der Waals surface area (Å²) >= 11 is 0. The third-order valence-corrected chi connectivity index (χ3v) is 4.30. The van der Waals surface area contributed by atoms with Crippen molar-refractivity contribution in [2.45, 2.75) is 29.8 Å². The molecule has 0 radical (unpaired) electrons. The first-order valence-corrected chi connectivity index (χ1v) is 5.33. The van der Waals surface area contributed by atoms with Crippen LogP contribution in [0.5, 0.6) is 0 Å². The molecule has 0 aromatic carbocycles. The quantitative estimate of drug-likeness (QED) is 0.258. The summed E-state index contributed by atoms with van der Waals surface area (Å²) in [5.41, 5.74) is 4.50. The Bertz CT molecular complexity index is 166. The van der Waals surface area contributed by atoms with Crippen LogP contribution in [0.1, 0.15) is 0 Å². The second-order valence-corrected chi connectivity index (χ2v) is 5.02. The summed E-state index contributed by atoms with van der Waals surface area (Å²) in [6, 6.07) is 0. The molecule has 0 amide bonds. The second kappa shape index (κ2) is 4.14. The standard InChI is InChI=1S/C6H14NO5P/c7-1-2-3(8)4(9)5(10)6(11)13(2)12/h2-6,8-12H,1,7H2. The van der Waals surface area contributed by atoms with E-state index in [0.29, 0.717) is 0 Å². The van der Waals surface area contributed by atoms with Crippen LogP contribution in [0.4, 0.5) is 0 Å². The molecule has 7 N–H and O–H groups in total. The topological polar surface area (TPSA) is 127 Å². The van der Waals surface area contributed by atoms with E-state index in [1.807, 2.05) is 0 Å². The van der Waals surface area contributed by atoms with Gasteiger partial charge in [0.15, 0.2) is 0 Å². The van der Waals surface area contributed by atoms with Crippen LogP contribution in [0.3, 0.4) is 0 Å². The van der Waals surface area contributed by atoms with Crippen LogP contribution < -0.4 is 5.73 Å². The Morgan fingerprint density at radius 3 is 2.00 bits per heavy atom. The molecule has 0 saturated carbocycles. The Morgan fingerprint density at radius 1 is 1.00 bits per heavy atom. The van der Waals surface area contributed by atoms with Crippen molar-refractivity contribution in [3.8, 4) is 0 Å². The molecular weight excluding hydrogens is 197 g/mol. The predicted molar refractivity (Wildman–Crippen MR) is 46.0 cm³/mol. The lowest BCUT2D eigenvalue weighted by molar-refractivity contribution is -0.0976. The van der Waals surface area contributed by atoms with Gasteiger partial charge in [-0.3, -0.25) is 0 Å². The number of nitrogens with two attached hydrogens (primary N) is 1. The molecule has 1 aliphatic rings. The van der Waals surface area contributed by atoms with E-state index in [-0.39, 0.29) is 6.54 Å². The zero-order valence-electron chi connectivity index (χ0n) is 6.85. The van der Waals surface area contributed by atoms with E-state index in [4.69, 9.17) is 10.8 Å². The highest BCUT2D eigenvalue weighted by Crippen LogP contribution is 2.48. The van der Waals surface area contributed by atoms with Gasteiger partial charge < -0.3 is 31.1 Å². The zero-order chi connectivity index (χ0) is 10.2. The first-order chi connectivity index (χ1) is 6.00. The molecule has 0 spiro atoms. The van der Waals surface area contributed by atoms with Crippen LogP contribution in [0.2, 0.25) is 0 Å². The van der Waals surface area contributed by atoms with E-state index in [1.54, 1.807) is 0 Å². The molecule has 7 heteroatoms. The van der Waals surface area contributed by atoms with Gasteiger partial charge in [0, 0.05) is 12.2 Å². The summed E-state index contributed by atoms with van der Waals surface area (Å²) in [5, 5.41) is 37.0. The molecule has 13 heavy (non-hydrogen) atoms. The Hall–Kier alpha value is 0.190. The van der Waals surface area contributed by atoms with Crippen LogP contribution >= 0.6 is 8.15 Å². The lowest BCUT2D eigenvalue weighted by Gasteiger charge is -2.41. The predicted octanol–water partition coefficient (Wildman–Crippen LogP) is -2.88. The van der Waals surface area contributed by atoms with Gasteiger partial charge in [0.05, 0.1) is 14.3 Å². The summed E-state index contributed by atoms with van der Waals surface area (Å²) in [6.45, 7) is -0.0375. The van der Waals surface area contributed by atoms with Crippen molar-refractivity contribution < 1.29 is 25.3 Å². The summed E-state index contributed by atoms with van der Waals surface area (Å²) in [4.78, 5) is 9.40. The minimum atomic E-state index is -1.95. The fourth-order valence-electron chi connectivity index (χ4n) is 1.36. The minimum Gasteiger partial charge on any atom is -0.390 e. The van der Waals surface area contributed by atoms with Crippen molar-refractivity contribution in [1.29, 1.82) is 0 Å². The molecule has 0 aromatic rings. The van der Waals surface area contributed by atoms with Crippen LogP contribution in [0.25, 0.3) is 0 Å². The van der Waals surface area contributed by atoms with Gasteiger partial charge in [-0.25, -0.2) is 0 Å². The highest BCUT2D eigenvalue weighted by Gasteiger charge is 2.47. The Labute approximate surface area is 76.5 Å². The third-order valence-electron chi connectivity index (χ3n) is 2.25. The molecule has 0 bridgehead atoms. The van der Waals surface area contributed by atoms with Gasteiger partial charge in [-0.15, -0.1) is 0 Å². The van der Waals surface area contributed by atoms with Gasteiger partial charge in [0.2, 0.25) is 0 Å². The Balaban J connectivity index is 2.79. The van der Waals surface area contributed by atoms with Crippen LogP contribution in [-0.2, 0) is 0 Å². The van der Waals surface area contributed by atoms with Crippen molar-refractivity contribution in [3.05, 3.63) is 0 Å². The molecule has 0 aliphatic carbocycles. The van der Waals surface area contributed by atoms with E-state index >= 15 is 0 Å². The molecule has 6 nitrogen and oxygen atoms in total. The Morgan fingerprint density at radius 2 is 1.54 bits per heavy atom. The van der Waals surface area contributed by atoms with E-state index < -0.39 is 38.0 Å². The molecule has 1 saturated heterocycles. The average molecular weight is 211 g/mol. The normalized spacial score (nSPS) is 52.2. The first kappa shape index (κ1) is 11.3. The number of hydrogen-bond acceptors (Lipinski definition) is 6. The maximum atomic E-state index is 9.40. The van der Waals surface area contributed by atoms with Crippen LogP contribution in [0, 0.1) is 0 Å². The summed E-state index contributed by atoms with van der Waals surface area (Å²) in [6.07, 6.45) is -4.23. The molecule has 1 fully saturated rings. The first-order valence-electron chi connectivity index (χ1n) is 3.90. The molecule has 1 rings (SSSR count). The van der Waals surface area contributed by atoms with Gasteiger partial charge >= 0.3 is 0 Å². The largest absolute Gasteiger partial charge is 0.390 e. The number of aliphatic hydroxyl groups excluding tert-OH is 4. The number of rotatable bonds is 1. The number of aliphatic hydroxyl groups is 4. The molecule has 78 valence electrons. The van der Waals surface area contributed by atoms with Gasteiger partial charge in [0.1, 0.15) is 18.1 Å². The van der Waals surface area contributed by atoms with E-state index in [9.17, 15) is 20.2 Å². The third kappa shape index (κ3) is 1.85. The molecular formula is C6H14NO5P. The fourth-order valence-corrected chi connectivity index (χ4v) is 2.95. The molecule has 0 aromatic heterocycles. The summed E-state index contributed by atoms with van der Waals surface area (Å²) < 4.78 is 0. The van der Waals surface area contributed by atoms with Crippen molar-refractivity contribution in [1.82, 2.24) is 0 Å². The molecule has 6 unspecified atom stereocenters.